The molecule has 0 spiro atoms. The molecule has 7 heteroatoms. The fourth-order valence-corrected chi connectivity index (χ4v) is 5.27. The van der Waals surface area contributed by atoms with Crippen LogP contribution in [0.3, 0.4) is 0 Å². The number of para-hydroxylation sites is 4. The van der Waals surface area contributed by atoms with Crippen LogP contribution in [0.1, 0.15) is 15.9 Å². The van der Waals surface area contributed by atoms with E-state index in [0.29, 0.717) is 13.1 Å². The van der Waals surface area contributed by atoms with Gasteiger partial charge in [-0.05, 0) is 42.0 Å². The van der Waals surface area contributed by atoms with E-state index < -0.39 is 0 Å². The molecule has 37 heavy (non-hydrogen) atoms. The second-order valence-corrected chi connectivity index (χ2v) is 9.58. The fraction of sp³-hybridized carbons (Fsp3) is 0.367. The van der Waals surface area contributed by atoms with E-state index in [2.05, 4.69) is 45.0 Å². The van der Waals surface area contributed by atoms with Crippen molar-refractivity contribution in [2.75, 3.05) is 76.4 Å². The van der Waals surface area contributed by atoms with E-state index in [1.165, 1.54) is 5.56 Å². The van der Waals surface area contributed by atoms with Crippen LogP contribution in [0, 0.1) is 0 Å². The van der Waals surface area contributed by atoms with E-state index in [9.17, 15) is 4.79 Å². The lowest BCUT2D eigenvalue weighted by atomic mass is 10.1. The number of nitrogens with zero attached hydrogens (tertiary/aromatic N) is 4. The van der Waals surface area contributed by atoms with Gasteiger partial charge in [0.2, 0.25) is 0 Å². The lowest BCUT2D eigenvalue weighted by Gasteiger charge is -2.37. The zero-order valence-corrected chi connectivity index (χ0v) is 21.8. The topological polar surface area (TPSA) is 48.5 Å². The molecule has 7 nitrogen and oxygen atoms in total. The van der Waals surface area contributed by atoms with Crippen LogP contribution in [0.2, 0.25) is 0 Å². The number of hydrogen-bond acceptors (Lipinski definition) is 6. The second kappa shape index (κ2) is 11.6. The summed E-state index contributed by atoms with van der Waals surface area (Å²) >= 11 is 0. The SMILES string of the molecule is COc1ccccc1N1CCN(Cc2ccc(C(=O)N3CCN(c4ccccc4OC)CC3)cc2)CC1. The van der Waals surface area contributed by atoms with Crippen LogP contribution in [-0.2, 0) is 6.54 Å². The Morgan fingerprint density at radius 1 is 0.649 bits per heavy atom. The molecule has 0 radical (unpaired) electrons. The number of amides is 1. The molecule has 2 saturated heterocycles. The van der Waals surface area contributed by atoms with Gasteiger partial charge in [0.15, 0.2) is 0 Å². The average molecular weight is 501 g/mol. The van der Waals surface area contributed by atoms with E-state index in [1.54, 1.807) is 14.2 Å². The Bertz CT molecular complexity index is 1180. The van der Waals surface area contributed by atoms with Gasteiger partial charge in [-0.15, -0.1) is 0 Å². The van der Waals surface area contributed by atoms with Crippen molar-refractivity contribution in [2.45, 2.75) is 6.54 Å². The number of carbonyl (C=O) groups excluding carboxylic acids is 1. The first-order valence-electron chi connectivity index (χ1n) is 13.0. The minimum absolute atomic E-state index is 0.108. The van der Waals surface area contributed by atoms with Crippen LogP contribution in [0.5, 0.6) is 11.5 Å². The molecule has 0 atom stereocenters. The maximum Gasteiger partial charge on any atom is 0.253 e. The van der Waals surface area contributed by atoms with Crippen LogP contribution in [0.25, 0.3) is 0 Å². The normalized spacial score (nSPS) is 16.5. The van der Waals surface area contributed by atoms with Crippen molar-refractivity contribution in [3.8, 4) is 11.5 Å². The number of anilines is 2. The smallest absolute Gasteiger partial charge is 0.253 e. The summed E-state index contributed by atoms with van der Waals surface area (Å²) in [5, 5.41) is 0. The number of rotatable bonds is 7. The van der Waals surface area contributed by atoms with E-state index in [1.807, 2.05) is 47.4 Å². The van der Waals surface area contributed by atoms with Crippen LogP contribution in [0.15, 0.2) is 72.8 Å². The Morgan fingerprint density at radius 3 is 1.65 bits per heavy atom. The van der Waals surface area contributed by atoms with Gasteiger partial charge in [-0.3, -0.25) is 9.69 Å². The molecular formula is C30H36N4O3. The Kier molecular flexibility index (Phi) is 7.80. The molecule has 2 heterocycles. The van der Waals surface area contributed by atoms with Crippen molar-refractivity contribution in [3.05, 3.63) is 83.9 Å². The van der Waals surface area contributed by atoms with Crippen LogP contribution < -0.4 is 19.3 Å². The number of ether oxygens (including phenoxy) is 2. The third-order valence-corrected chi connectivity index (χ3v) is 7.40. The zero-order chi connectivity index (χ0) is 25.6. The average Bonchev–Trinajstić information content (AvgIpc) is 2.97. The van der Waals surface area contributed by atoms with Crippen molar-refractivity contribution < 1.29 is 14.3 Å². The molecule has 0 aliphatic carbocycles. The highest BCUT2D eigenvalue weighted by Crippen LogP contribution is 2.29. The van der Waals surface area contributed by atoms with Gasteiger partial charge in [-0.1, -0.05) is 36.4 Å². The molecule has 2 fully saturated rings. The molecule has 194 valence electrons. The van der Waals surface area contributed by atoms with Gasteiger partial charge in [0, 0.05) is 64.5 Å². The third kappa shape index (κ3) is 5.67. The third-order valence-electron chi connectivity index (χ3n) is 7.40. The summed E-state index contributed by atoms with van der Waals surface area (Å²) in [4.78, 5) is 22.3. The van der Waals surface area contributed by atoms with E-state index in [-0.39, 0.29) is 5.91 Å². The van der Waals surface area contributed by atoms with Crippen LogP contribution >= 0.6 is 0 Å². The minimum atomic E-state index is 0.108. The molecular weight excluding hydrogens is 464 g/mol. The first-order valence-corrected chi connectivity index (χ1v) is 13.0. The maximum absolute atomic E-state index is 13.1. The predicted octanol–water partition coefficient (Wildman–Crippen LogP) is 3.99. The molecule has 0 unspecified atom stereocenters. The first-order chi connectivity index (χ1) is 18.2. The molecule has 1 amide bonds. The first kappa shape index (κ1) is 25.0. The van der Waals surface area contributed by atoms with Gasteiger partial charge < -0.3 is 24.2 Å². The van der Waals surface area contributed by atoms with E-state index >= 15 is 0 Å². The van der Waals surface area contributed by atoms with Gasteiger partial charge >= 0.3 is 0 Å². The summed E-state index contributed by atoms with van der Waals surface area (Å²) in [7, 11) is 3.43. The van der Waals surface area contributed by atoms with Crippen LogP contribution in [-0.4, -0.2) is 82.3 Å². The molecule has 5 rings (SSSR count). The monoisotopic (exact) mass is 500 g/mol. The number of carbonyl (C=O) groups is 1. The molecule has 2 aliphatic heterocycles. The highest BCUT2D eigenvalue weighted by Gasteiger charge is 2.24. The van der Waals surface area contributed by atoms with Crippen molar-refractivity contribution in [3.63, 3.8) is 0 Å². The van der Waals surface area contributed by atoms with Gasteiger partial charge in [0.05, 0.1) is 25.6 Å². The van der Waals surface area contributed by atoms with Gasteiger partial charge in [-0.2, -0.15) is 0 Å². The summed E-state index contributed by atoms with van der Waals surface area (Å²) in [6.07, 6.45) is 0. The largest absolute Gasteiger partial charge is 0.495 e. The highest BCUT2D eigenvalue weighted by molar-refractivity contribution is 5.94. The predicted molar refractivity (Wildman–Crippen MR) is 148 cm³/mol. The second-order valence-electron chi connectivity index (χ2n) is 9.58. The Balaban J connectivity index is 1.12. The summed E-state index contributed by atoms with van der Waals surface area (Å²) in [6, 6.07) is 24.4. The molecule has 0 bridgehead atoms. The molecule has 0 aromatic heterocycles. The molecule has 0 N–H and O–H groups in total. The summed E-state index contributed by atoms with van der Waals surface area (Å²) < 4.78 is 11.0. The summed E-state index contributed by atoms with van der Waals surface area (Å²) in [6.45, 7) is 7.83. The highest BCUT2D eigenvalue weighted by atomic mass is 16.5. The van der Waals surface area contributed by atoms with E-state index in [4.69, 9.17) is 9.47 Å². The van der Waals surface area contributed by atoms with Crippen LogP contribution in [0.4, 0.5) is 11.4 Å². The van der Waals surface area contributed by atoms with Gasteiger partial charge in [0.1, 0.15) is 11.5 Å². The van der Waals surface area contributed by atoms with Crippen molar-refractivity contribution in [1.82, 2.24) is 9.80 Å². The van der Waals surface area contributed by atoms with Crippen molar-refractivity contribution in [2.24, 2.45) is 0 Å². The molecule has 3 aromatic rings. The lowest BCUT2D eigenvalue weighted by molar-refractivity contribution is 0.0746. The number of piperazine rings is 2. The number of methoxy groups -OCH3 is 2. The number of benzene rings is 3. The maximum atomic E-state index is 13.1. The molecule has 2 aliphatic rings. The fourth-order valence-electron chi connectivity index (χ4n) is 5.27. The molecule has 3 aromatic carbocycles. The Labute approximate surface area is 219 Å². The lowest BCUT2D eigenvalue weighted by Crippen LogP contribution is -2.48. The minimum Gasteiger partial charge on any atom is -0.495 e. The van der Waals surface area contributed by atoms with Gasteiger partial charge in [0.25, 0.3) is 5.91 Å². The quantitative estimate of drug-likeness (QED) is 0.489. The standard InChI is InChI=1S/C30H36N4O3/c1-36-28-9-5-3-7-26(28)32-17-15-31(16-18-32)23-24-11-13-25(14-12-24)30(35)34-21-19-33(20-22-34)27-8-4-6-10-29(27)37-2/h3-14H,15-23H2,1-2H3. The summed E-state index contributed by atoms with van der Waals surface area (Å²) in [5.74, 6) is 1.91. The zero-order valence-electron chi connectivity index (χ0n) is 21.8. The van der Waals surface area contributed by atoms with Crippen molar-refractivity contribution >= 4 is 17.3 Å². The molecule has 0 saturated carbocycles. The summed E-state index contributed by atoms with van der Waals surface area (Å²) in [5.41, 5.74) is 4.25. The Hall–Kier alpha value is -3.71. The number of hydrogen-bond donors (Lipinski definition) is 0. The van der Waals surface area contributed by atoms with E-state index in [0.717, 1.165) is 74.3 Å². The van der Waals surface area contributed by atoms with Gasteiger partial charge in [-0.25, -0.2) is 0 Å². The Morgan fingerprint density at radius 2 is 1.14 bits per heavy atom. The van der Waals surface area contributed by atoms with Crippen molar-refractivity contribution in [1.29, 1.82) is 0 Å².